The van der Waals surface area contributed by atoms with Crippen LogP contribution in [-0.4, -0.2) is 26.3 Å². The molecule has 0 aliphatic carbocycles. The number of allylic oxidation sites excluding steroid dienone is 1. The summed E-state index contributed by atoms with van der Waals surface area (Å²) in [5.41, 5.74) is 3.91. The second-order valence-electron chi connectivity index (χ2n) is 8.34. The average Bonchev–Trinajstić information content (AvgIpc) is 3.37. The summed E-state index contributed by atoms with van der Waals surface area (Å²) in [5, 5.41) is 22.2. The second kappa shape index (κ2) is 11.6. The van der Waals surface area contributed by atoms with Crippen molar-refractivity contribution in [3.63, 3.8) is 0 Å². The molecule has 35 heavy (non-hydrogen) atoms. The number of rotatable bonds is 6. The van der Waals surface area contributed by atoms with Crippen molar-refractivity contribution in [2.75, 3.05) is 6.61 Å². The molecule has 0 saturated carbocycles. The summed E-state index contributed by atoms with van der Waals surface area (Å²) in [6, 6.07) is 21.0. The first-order valence-corrected chi connectivity index (χ1v) is 12.6. The van der Waals surface area contributed by atoms with Gasteiger partial charge in [-0.25, -0.2) is 0 Å². The normalized spacial score (nSPS) is 16.5. The van der Waals surface area contributed by atoms with Crippen LogP contribution in [0.25, 0.3) is 11.3 Å². The van der Waals surface area contributed by atoms with Gasteiger partial charge in [-0.05, 0) is 55.2 Å². The minimum absolute atomic E-state index is 0. The molecular weight excluding hydrogens is 522 g/mol. The monoisotopic (exact) mass is 548 g/mol. The van der Waals surface area contributed by atoms with E-state index in [-0.39, 0.29) is 17.0 Å². The number of benzene rings is 2. The van der Waals surface area contributed by atoms with Crippen LogP contribution in [0.1, 0.15) is 49.0 Å². The third kappa shape index (κ3) is 5.31. The molecule has 2 aromatic carbocycles. The van der Waals surface area contributed by atoms with E-state index in [1.165, 1.54) is 12.0 Å². The van der Waals surface area contributed by atoms with E-state index in [4.69, 9.17) is 4.74 Å². The molecule has 0 unspecified atom stereocenters. The minimum atomic E-state index is 0. The van der Waals surface area contributed by atoms with Crippen molar-refractivity contribution < 1.29 is 21.7 Å². The first kappa shape index (κ1) is 25.1. The maximum Gasteiger partial charge on any atom is 0.177 e. The van der Waals surface area contributed by atoms with Crippen molar-refractivity contribution in [1.29, 1.82) is 5.26 Å². The smallest absolute Gasteiger partial charge is 0.177 e. The maximum atomic E-state index is 10.3. The van der Waals surface area contributed by atoms with Crippen molar-refractivity contribution in [3.8, 4) is 11.8 Å². The van der Waals surface area contributed by atoms with Crippen molar-refractivity contribution in [1.82, 2.24) is 19.7 Å². The summed E-state index contributed by atoms with van der Waals surface area (Å²) >= 11 is 1.58. The van der Waals surface area contributed by atoms with Gasteiger partial charge in [-0.3, -0.25) is 0 Å². The number of fused-ring (bicyclic) bond motifs is 1. The van der Waals surface area contributed by atoms with Crippen molar-refractivity contribution in [2.45, 2.75) is 45.7 Å². The van der Waals surface area contributed by atoms with Gasteiger partial charge in [-0.15, -0.1) is 10.2 Å². The van der Waals surface area contributed by atoms with Gasteiger partial charge in [0.05, 0.1) is 12.3 Å². The number of ether oxygens (including phenoxy) is 1. The molecule has 8 heteroatoms. The largest absolute Gasteiger partial charge is 1.00 e. The summed E-state index contributed by atoms with van der Waals surface area (Å²) < 4.78 is 7.77. The number of thioether (sulfide) groups is 1. The molecule has 180 valence electrons. The SMILES string of the molecule is CCOc1ccc(C2=CS/C(=C(/C#N)c3nnc4n3CCCCC4)N2Cc2ccccc2)cc1.[Br-]. The van der Waals surface area contributed by atoms with Crippen LogP contribution >= 0.6 is 11.8 Å². The molecule has 2 aliphatic rings. The van der Waals surface area contributed by atoms with Gasteiger partial charge in [-0.1, -0.05) is 48.5 Å². The molecule has 0 N–H and O–H groups in total. The molecule has 5 rings (SSSR count). The number of halogens is 1. The number of aromatic nitrogens is 3. The Morgan fingerprint density at radius 1 is 1.06 bits per heavy atom. The van der Waals surface area contributed by atoms with Gasteiger partial charge in [0.1, 0.15) is 28.2 Å². The van der Waals surface area contributed by atoms with E-state index in [2.05, 4.69) is 55.4 Å². The molecular formula is C27H27BrN5OS-. The Morgan fingerprint density at radius 2 is 1.86 bits per heavy atom. The van der Waals surface area contributed by atoms with Gasteiger partial charge in [0.25, 0.3) is 0 Å². The van der Waals surface area contributed by atoms with Crippen molar-refractivity contribution in [3.05, 3.63) is 87.8 Å². The quantitative estimate of drug-likeness (QED) is 0.441. The highest BCUT2D eigenvalue weighted by Crippen LogP contribution is 2.44. The highest BCUT2D eigenvalue weighted by atomic mass is 79.9. The number of nitrogens with zero attached hydrogens (tertiary/aromatic N) is 5. The zero-order valence-corrected chi connectivity index (χ0v) is 22.1. The Morgan fingerprint density at radius 3 is 2.60 bits per heavy atom. The van der Waals surface area contributed by atoms with Gasteiger partial charge in [0.15, 0.2) is 5.82 Å². The van der Waals surface area contributed by atoms with Gasteiger partial charge >= 0.3 is 0 Å². The molecule has 0 radical (unpaired) electrons. The second-order valence-corrected chi connectivity index (χ2v) is 9.20. The highest BCUT2D eigenvalue weighted by molar-refractivity contribution is 8.06. The predicted molar refractivity (Wildman–Crippen MR) is 135 cm³/mol. The van der Waals surface area contributed by atoms with Crippen LogP contribution in [0.3, 0.4) is 0 Å². The first-order chi connectivity index (χ1) is 16.8. The fraction of sp³-hybridized carbons (Fsp3) is 0.296. The lowest BCUT2D eigenvalue weighted by Gasteiger charge is -2.25. The molecule has 0 spiro atoms. The Bertz CT molecular complexity index is 1260. The number of aryl methyl sites for hydroxylation is 1. The summed E-state index contributed by atoms with van der Waals surface area (Å²) in [5.74, 6) is 2.52. The lowest BCUT2D eigenvalue weighted by molar-refractivity contribution is -0.00000766. The van der Waals surface area contributed by atoms with Crippen LogP contribution in [0.15, 0.2) is 65.0 Å². The van der Waals surface area contributed by atoms with Crippen molar-refractivity contribution in [2.24, 2.45) is 0 Å². The molecule has 0 fully saturated rings. The van der Waals surface area contributed by atoms with Crippen LogP contribution in [0, 0.1) is 11.3 Å². The lowest BCUT2D eigenvalue weighted by Crippen LogP contribution is -3.00. The van der Waals surface area contributed by atoms with Gasteiger partial charge in [-0.2, -0.15) is 5.26 Å². The van der Waals surface area contributed by atoms with Crippen LogP contribution < -0.4 is 21.7 Å². The van der Waals surface area contributed by atoms with Gasteiger partial charge < -0.3 is 31.2 Å². The Hall–Kier alpha value is -3.02. The van der Waals surface area contributed by atoms with E-state index in [0.717, 1.165) is 53.7 Å². The van der Waals surface area contributed by atoms with Crippen molar-refractivity contribution >= 4 is 23.0 Å². The molecule has 3 aromatic rings. The van der Waals surface area contributed by atoms with E-state index in [9.17, 15) is 5.26 Å². The van der Waals surface area contributed by atoms with E-state index in [1.807, 2.05) is 37.3 Å². The highest BCUT2D eigenvalue weighted by Gasteiger charge is 2.29. The number of hydrogen-bond donors (Lipinski definition) is 0. The van der Waals surface area contributed by atoms with Crippen LogP contribution in [0.5, 0.6) is 5.75 Å². The zero-order valence-electron chi connectivity index (χ0n) is 19.7. The van der Waals surface area contributed by atoms with Gasteiger partial charge in [0, 0.05) is 24.9 Å². The predicted octanol–water partition coefficient (Wildman–Crippen LogP) is 2.85. The summed E-state index contributed by atoms with van der Waals surface area (Å²) in [6.45, 7) is 4.14. The van der Waals surface area contributed by atoms with Crippen LogP contribution in [-0.2, 0) is 19.5 Å². The van der Waals surface area contributed by atoms with Crippen LogP contribution in [0.2, 0.25) is 0 Å². The Balaban J connectivity index is 0.00000289. The Kier molecular flexibility index (Phi) is 8.32. The summed E-state index contributed by atoms with van der Waals surface area (Å²) in [7, 11) is 0. The molecule has 0 bridgehead atoms. The molecule has 1 aromatic heterocycles. The van der Waals surface area contributed by atoms with E-state index >= 15 is 0 Å². The van der Waals surface area contributed by atoms with E-state index in [0.29, 0.717) is 24.5 Å². The fourth-order valence-corrected chi connectivity index (χ4v) is 5.47. The molecule has 0 atom stereocenters. The fourth-order valence-electron chi connectivity index (χ4n) is 4.44. The molecule has 0 amide bonds. The molecule has 6 nitrogen and oxygen atoms in total. The lowest BCUT2D eigenvalue weighted by atomic mass is 10.1. The standard InChI is InChI=1S/C27H27N5OS.BrH/c1-2-33-22-14-12-21(13-15-22)24-19-34-27(32(24)18-20-9-5-3-6-10-20)23(17-28)26-30-29-25-11-7-4-8-16-31(25)26;/h3,5-6,9-10,12-15,19H,2,4,7-8,11,16,18H2,1H3;1H/p-1/b27-23-;. The average molecular weight is 550 g/mol. The van der Waals surface area contributed by atoms with E-state index in [1.54, 1.807) is 11.8 Å². The number of hydrogen-bond acceptors (Lipinski definition) is 6. The summed E-state index contributed by atoms with van der Waals surface area (Å²) in [4.78, 5) is 2.23. The first-order valence-electron chi connectivity index (χ1n) is 11.8. The maximum absolute atomic E-state index is 10.3. The molecule has 2 aliphatic heterocycles. The number of nitriles is 1. The Labute approximate surface area is 221 Å². The van der Waals surface area contributed by atoms with Gasteiger partial charge in [0.2, 0.25) is 0 Å². The molecule has 0 saturated heterocycles. The topological polar surface area (TPSA) is 67.0 Å². The zero-order chi connectivity index (χ0) is 23.3. The third-order valence-corrected chi connectivity index (χ3v) is 7.11. The molecule has 3 heterocycles. The van der Waals surface area contributed by atoms with E-state index < -0.39 is 0 Å². The van der Waals surface area contributed by atoms with Crippen LogP contribution in [0.4, 0.5) is 0 Å². The summed E-state index contributed by atoms with van der Waals surface area (Å²) in [6.07, 6.45) is 4.30. The minimum Gasteiger partial charge on any atom is -1.00 e. The third-order valence-electron chi connectivity index (χ3n) is 6.12.